The second-order valence-corrected chi connectivity index (χ2v) is 7.00. The van der Waals surface area contributed by atoms with Crippen LogP contribution in [0.1, 0.15) is 18.4 Å². The van der Waals surface area contributed by atoms with Crippen LogP contribution in [0.4, 0.5) is 10.1 Å². The molecule has 1 aromatic heterocycles. The Labute approximate surface area is 167 Å². The molecule has 1 amide bonds. The van der Waals surface area contributed by atoms with E-state index in [0.717, 1.165) is 5.56 Å². The smallest absolute Gasteiger partial charge is 0.238 e. The Hall–Kier alpha value is -3.48. The highest BCUT2D eigenvalue weighted by atomic mass is 19.1. The van der Waals surface area contributed by atoms with Gasteiger partial charge in [-0.1, -0.05) is 0 Å². The van der Waals surface area contributed by atoms with Gasteiger partial charge in [0.25, 0.3) is 0 Å². The lowest BCUT2D eigenvalue weighted by Crippen LogP contribution is -2.40. The highest BCUT2D eigenvalue weighted by molar-refractivity contribution is 5.93. The molecule has 0 aliphatic heterocycles. The SMILES string of the molecule is Cc1cc(NC(=O)C2CC(Oc3ccc(F)cc3)C2)ccc1Oc1cccnn1. The third-order valence-electron chi connectivity index (χ3n) is 4.79. The van der Waals surface area contributed by atoms with Gasteiger partial charge in [-0.2, -0.15) is 5.10 Å². The van der Waals surface area contributed by atoms with Crippen molar-refractivity contribution in [2.45, 2.75) is 25.9 Å². The molecule has 0 spiro atoms. The van der Waals surface area contributed by atoms with Crippen LogP contribution in [0, 0.1) is 18.7 Å². The first-order valence-electron chi connectivity index (χ1n) is 9.36. The molecule has 148 valence electrons. The summed E-state index contributed by atoms with van der Waals surface area (Å²) in [6, 6.07) is 14.8. The van der Waals surface area contributed by atoms with E-state index < -0.39 is 0 Å². The van der Waals surface area contributed by atoms with Gasteiger partial charge in [0.15, 0.2) is 0 Å². The number of amides is 1. The fourth-order valence-corrected chi connectivity index (χ4v) is 3.12. The molecule has 0 bridgehead atoms. The Kier molecular flexibility index (Phi) is 5.37. The zero-order chi connectivity index (χ0) is 20.2. The summed E-state index contributed by atoms with van der Waals surface area (Å²) in [4.78, 5) is 12.5. The zero-order valence-corrected chi connectivity index (χ0v) is 15.8. The van der Waals surface area contributed by atoms with E-state index in [9.17, 15) is 9.18 Å². The van der Waals surface area contributed by atoms with Crippen LogP contribution in [-0.4, -0.2) is 22.2 Å². The molecule has 6 nitrogen and oxygen atoms in total. The summed E-state index contributed by atoms with van der Waals surface area (Å²) < 4.78 is 24.4. The fraction of sp³-hybridized carbons (Fsp3) is 0.227. The van der Waals surface area contributed by atoms with Crippen molar-refractivity contribution in [2.75, 3.05) is 5.32 Å². The van der Waals surface area contributed by atoms with E-state index in [4.69, 9.17) is 9.47 Å². The summed E-state index contributed by atoms with van der Waals surface area (Å²) in [6.45, 7) is 1.90. The van der Waals surface area contributed by atoms with Crippen molar-refractivity contribution >= 4 is 11.6 Å². The molecule has 1 aliphatic rings. The molecule has 0 saturated heterocycles. The highest BCUT2D eigenvalue weighted by Crippen LogP contribution is 2.33. The first kappa shape index (κ1) is 18.9. The van der Waals surface area contributed by atoms with Crippen LogP contribution >= 0.6 is 0 Å². The summed E-state index contributed by atoms with van der Waals surface area (Å²) in [5, 5.41) is 10.6. The molecule has 1 fully saturated rings. The normalized spacial score (nSPS) is 17.9. The molecule has 1 aliphatic carbocycles. The Morgan fingerprint density at radius 3 is 2.62 bits per heavy atom. The maximum Gasteiger partial charge on any atom is 0.238 e. The molecule has 2 aromatic carbocycles. The Morgan fingerprint density at radius 2 is 1.93 bits per heavy atom. The minimum atomic E-state index is -0.299. The van der Waals surface area contributed by atoms with Crippen molar-refractivity contribution in [2.24, 2.45) is 5.92 Å². The number of hydrogen-bond acceptors (Lipinski definition) is 5. The van der Waals surface area contributed by atoms with Crippen molar-refractivity contribution in [3.8, 4) is 17.4 Å². The van der Waals surface area contributed by atoms with Crippen LogP contribution < -0.4 is 14.8 Å². The van der Waals surface area contributed by atoms with Gasteiger partial charge >= 0.3 is 0 Å². The third-order valence-corrected chi connectivity index (χ3v) is 4.79. The minimum absolute atomic E-state index is 0.0271. The number of aromatic nitrogens is 2. The predicted octanol–water partition coefficient (Wildman–Crippen LogP) is 4.51. The molecule has 1 N–H and O–H groups in total. The number of anilines is 1. The van der Waals surface area contributed by atoms with Gasteiger partial charge in [-0.25, -0.2) is 4.39 Å². The van der Waals surface area contributed by atoms with Gasteiger partial charge in [0.1, 0.15) is 23.4 Å². The van der Waals surface area contributed by atoms with E-state index >= 15 is 0 Å². The lowest BCUT2D eigenvalue weighted by Gasteiger charge is -2.34. The Morgan fingerprint density at radius 1 is 1.14 bits per heavy atom. The van der Waals surface area contributed by atoms with Crippen molar-refractivity contribution < 1.29 is 18.7 Å². The number of carbonyl (C=O) groups is 1. The number of rotatable bonds is 6. The van der Waals surface area contributed by atoms with Gasteiger partial charge in [0.05, 0.1) is 0 Å². The Bertz CT molecular complexity index is 990. The van der Waals surface area contributed by atoms with Crippen LogP contribution in [0.3, 0.4) is 0 Å². The number of ether oxygens (including phenoxy) is 2. The molecule has 0 atom stereocenters. The van der Waals surface area contributed by atoms with Gasteiger partial charge in [-0.3, -0.25) is 4.79 Å². The lowest BCUT2D eigenvalue weighted by molar-refractivity contribution is -0.125. The summed E-state index contributed by atoms with van der Waals surface area (Å²) in [6.07, 6.45) is 2.82. The van der Waals surface area contributed by atoms with Gasteiger partial charge in [0.2, 0.25) is 11.8 Å². The first-order chi connectivity index (χ1) is 14.1. The number of hydrogen-bond donors (Lipinski definition) is 1. The number of nitrogens with one attached hydrogen (secondary N) is 1. The second-order valence-electron chi connectivity index (χ2n) is 7.00. The van der Waals surface area contributed by atoms with E-state index in [2.05, 4.69) is 15.5 Å². The molecular weight excluding hydrogens is 373 g/mol. The van der Waals surface area contributed by atoms with E-state index in [1.165, 1.54) is 12.1 Å². The number of nitrogens with zero attached hydrogens (tertiary/aromatic N) is 2. The molecule has 4 rings (SSSR count). The monoisotopic (exact) mass is 393 g/mol. The lowest BCUT2D eigenvalue weighted by atomic mass is 9.81. The maximum absolute atomic E-state index is 12.9. The van der Waals surface area contributed by atoms with E-state index in [-0.39, 0.29) is 23.7 Å². The van der Waals surface area contributed by atoms with Crippen molar-refractivity contribution in [3.05, 3.63) is 72.2 Å². The summed E-state index contributed by atoms with van der Waals surface area (Å²) in [5.41, 5.74) is 1.58. The molecule has 0 unspecified atom stereocenters. The average Bonchev–Trinajstić information content (AvgIpc) is 2.68. The summed E-state index contributed by atoms with van der Waals surface area (Å²) in [5.74, 6) is 1.24. The number of halogens is 1. The van der Waals surface area contributed by atoms with Crippen molar-refractivity contribution in [1.29, 1.82) is 0 Å². The van der Waals surface area contributed by atoms with Crippen LogP contribution in [0.25, 0.3) is 0 Å². The maximum atomic E-state index is 12.9. The highest BCUT2D eigenvalue weighted by Gasteiger charge is 2.36. The molecule has 1 saturated carbocycles. The predicted molar refractivity (Wildman–Crippen MR) is 105 cm³/mol. The van der Waals surface area contributed by atoms with Gasteiger partial charge in [-0.15, -0.1) is 5.10 Å². The number of benzene rings is 2. The topological polar surface area (TPSA) is 73.3 Å². The van der Waals surface area contributed by atoms with Crippen LogP contribution in [0.15, 0.2) is 60.8 Å². The average molecular weight is 393 g/mol. The standard InChI is InChI=1S/C22H20FN3O3/c1-14-11-17(6-9-20(14)29-21-3-2-10-24-26-21)25-22(27)15-12-19(13-15)28-18-7-4-16(23)5-8-18/h2-11,15,19H,12-13H2,1H3,(H,25,27). The molecule has 3 aromatic rings. The van der Waals surface area contributed by atoms with Crippen LogP contribution in [0.5, 0.6) is 17.4 Å². The van der Waals surface area contributed by atoms with Gasteiger partial charge in [0, 0.05) is 23.9 Å². The number of carbonyl (C=O) groups excluding carboxylic acids is 1. The van der Waals surface area contributed by atoms with Crippen LogP contribution in [0.2, 0.25) is 0 Å². The van der Waals surface area contributed by atoms with Crippen LogP contribution in [-0.2, 0) is 4.79 Å². The Balaban J connectivity index is 1.29. The van der Waals surface area contributed by atoms with Crippen molar-refractivity contribution in [1.82, 2.24) is 10.2 Å². The second kappa shape index (κ2) is 8.26. The molecular formula is C22H20FN3O3. The first-order valence-corrected chi connectivity index (χ1v) is 9.36. The van der Waals surface area contributed by atoms with E-state index in [1.807, 2.05) is 13.0 Å². The largest absolute Gasteiger partial charge is 0.490 e. The van der Waals surface area contributed by atoms with Gasteiger partial charge in [-0.05, 0) is 73.9 Å². The van der Waals surface area contributed by atoms with E-state index in [1.54, 1.807) is 42.6 Å². The molecule has 0 radical (unpaired) electrons. The summed E-state index contributed by atoms with van der Waals surface area (Å²) in [7, 11) is 0. The quantitative estimate of drug-likeness (QED) is 0.667. The van der Waals surface area contributed by atoms with Crippen molar-refractivity contribution in [3.63, 3.8) is 0 Å². The third kappa shape index (κ3) is 4.68. The molecule has 1 heterocycles. The number of aryl methyl sites for hydroxylation is 1. The minimum Gasteiger partial charge on any atom is -0.490 e. The van der Waals surface area contributed by atoms with Gasteiger partial charge < -0.3 is 14.8 Å². The fourth-order valence-electron chi connectivity index (χ4n) is 3.12. The summed E-state index contributed by atoms with van der Waals surface area (Å²) >= 11 is 0. The zero-order valence-electron chi connectivity index (χ0n) is 15.8. The molecule has 7 heteroatoms. The van der Waals surface area contributed by atoms with E-state index in [0.29, 0.717) is 35.9 Å². The molecule has 29 heavy (non-hydrogen) atoms.